The Morgan fingerprint density at radius 3 is 0.600 bits per heavy atom. The molecule has 0 fully saturated rings. The van der Waals surface area contributed by atoms with E-state index in [-0.39, 0.29) is 41.2 Å². The maximum absolute atomic E-state index is 0. The first-order valence-electron chi connectivity index (χ1n) is 0. The first-order chi connectivity index (χ1) is 0. The summed E-state index contributed by atoms with van der Waals surface area (Å²) in [7, 11) is 0. The average Bonchev–Trinajstić information content (AvgIpc) is 0. The molecule has 0 spiro atoms. The van der Waals surface area contributed by atoms with Crippen LogP contribution in [0.4, 0.5) is 0 Å². The van der Waals surface area contributed by atoms with Gasteiger partial charge in [-0.3, -0.25) is 0 Å². The molecule has 5 heavy (non-hydrogen) atoms. The van der Waals surface area contributed by atoms with Gasteiger partial charge in [-0.15, -0.1) is 0 Å². The van der Waals surface area contributed by atoms with Gasteiger partial charge in [-0.1, -0.05) is 0 Å². The van der Waals surface area contributed by atoms with Crippen molar-refractivity contribution >= 4 is 17.4 Å². The number of hydrogen-bond donors (Lipinski definition) is 0. The fourth-order valence-electron chi connectivity index (χ4n) is 0. The fraction of sp³-hybridized carbons (Fsp3) is 0. The molecule has 0 heterocycles. The zero-order valence-corrected chi connectivity index (χ0v) is 3.57. The van der Waals surface area contributed by atoms with Gasteiger partial charge in [-0.25, -0.2) is 0 Å². The minimum Gasteiger partial charge on any atom is -0.870 e. The molecule has 0 unspecified atom stereocenters. The predicted octanol–water partition coefficient (Wildman–Crippen LogP) is -0.830. The Morgan fingerprint density at radius 2 is 0.600 bits per heavy atom. The minimum atomic E-state index is 0. The molecule has 0 aliphatic carbocycles. The summed E-state index contributed by atoms with van der Waals surface area (Å²) in [6, 6.07) is 0. The van der Waals surface area contributed by atoms with Gasteiger partial charge in [0.2, 0.25) is 0 Å². The largest absolute Gasteiger partial charge is 3.00 e. The van der Waals surface area contributed by atoms with E-state index in [0.29, 0.717) is 0 Å². The molecule has 0 saturated carbocycles. The summed E-state index contributed by atoms with van der Waals surface area (Å²) >= 11 is 0. The van der Waals surface area contributed by atoms with Crippen molar-refractivity contribution in [2.75, 3.05) is 0 Å². The Hall–Kier alpha value is 0.412. The van der Waals surface area contributed by atoms with Crippen molar-refractivity contribution in [1.29, 1.82) is 0 Å². The molecule has 0 atom stereocenters. The van der Waals surface area contributed by atoms with Crippen LogP contribution in [0.5, 0.6) is 0 Å². The standard InChI is InChI=1S/C.Al.3H2O/h;;3*1H2/q;+3;;;/p-3. The predicted molar refractivity (Wildman–Crippen MR) is 14.8 cm³/mol. The molecule has 28 valence electrons. The summed E-state index contributed by atoms with van der Waals surface area (Å²) in [5.41, 5.74) is 0. The van der Waals surface area contributed by atoms with Crippen LogP contribution in [-0.2, 0) is 0 Å². The topological polar surface area (TPSA) is 90.0 Å². The van der Waals surface area contributed by atoms with Crippen LogP contribution in [0.15, 0.2) is 0 Å². The van der Waals surface area contributed by atoms with Crippen LogP contribution < -0.4 is 0 Å². The van der Waals surface area contributed by atoms with E-state index in [4.69, 9.17) is 0 Å². The van der Waals surface area contributed by atoms with E-state index in [1.807, 2.05) is 0 Å². The second kappa shape index (κ2) is 302. The van der Waals surface area contributed by atoms with E-state index in [2.05, 4.69) is 0 Å². The Bertz CT molecular complexity index is 6.85. The molecule has 0 aliphatic heterocycles. The second-order valence-electron chi connectivity index (χ2n) is 0. The van der Waals surface area contributed by atoms with Crippen molar-refractivity contribution in [3.8, 4) is 0 Å². The van der Waals surface area contributed by atoms with Gasteiger partial charge in [0.05, 0.1) is 0 Å². The zero-order chi connectivity index (χ0) is 0. The van der Waals surface area contributed by atoms with Crippen molar-refractivity contribution in [2.45, 2.75) is 0 Å². The minimum absolute atomic E-state index is 0. The van der Waals surface area contributed by atoms with Gasteiger partial charge in [-0.05, 0) is 0 Å². The van der Waals surface area contributed by atoms with Crippen LogP contribution in [-0.4, -0.2) is 33.8 Å². The molecule has 4 heteroatoms. The molecule has 0 rings (SSSR count). The molecule has 3 N–H and O–H groups in total. The summed E-state index contributed by atoms with van der Waals surface area (Å²) in [6.07, 6.45) is 0. The van der Waals surface area contributed by atoms with Gasteiger partial charge in [0.15, 0.2) is 0 Å². The Labute approximate surface area is 42.1 Å². The van der Waals surface area contributed by atoms with Gasteiger partial charge in [0, 0.05) is 7.43 Å². The molecule has 0 amide bonds. The van der Waals surface area contributed by atoms with Crippen molar-refractivity contribution in [3.63, 3.8) is 0 Å². The second-order valence-corrected chi connectivity index (χ2v) is 0. The van der Waals surface area contributed by atoms with Crippen molar-refractivity contribution < 1.29 is 16.4 Å². The number of rotatable bonds is 0. The van der Waals surface area contributed by atoms with E-state index in [9.17, 15) is 0 Å². The summed E-state index contributed by atoms with van der Waals surface area (Å²) in [5.74, 6) is 0. The molecule has 0 saturated heterocycles. The third-order valence-corrected chi connectivity index (χ3v) is 0. The van der Waals surface area contributed by atoms with Gasteiger partial charge in [-0.2, -0.15) is 0 Å². The molecule has 0 aromatic rings. The van der Waals surface area contributed by atoms with E-state index >= 15 is 0 Å². The SMILES string of the molecule is [Al+3].[C].[OH-].[OH-].[OH-]. The van der Waals surface area contributed by atoms with Crippen LogP contribution in [0.2, 0.25) is 0 Å². The zero-order valence-electron chi connectivity index (χ0n) is 2.42. The van der Waals surface area contributed by atoms with E-state index in [1.54, 1.807) is 0 Å². The van der Waals surface area contributed by atoms with Crippen LogP contribution in [0, 0.1) is 7.43 Å². The first-order valence-corrected chi connectivity index (χ1v) is 0. The van der Waals surface area contributed by atoms with Gasteiger partial charge < -0.3 is 16.4 Å². The molecule has 0 bridgehead atoms. The Morgan fingerprint density at radius 1 is 0.600 bits per heavy atom. The van der Waals surface area contributed by atoms with Crippen LogP contribution in [0.25, 0.3) is 0 Å². The van der Waals surface area contributed by atoms with Crippen molar-refractivity contribution in [2.24, 2.45) is 0 Å². The average molecular weight is 90.0 g/mol. The molecule has 0 aromatic carbocycles. The number of hydrogen-bond acceptors (Lipinski definition) is 3. The molecule has 4 radical (unpaired) electrons. The third kappa shape index (κ3) is 151. The van der Waals surface area contributed by atoms with Crippen molar-refractivity contribution in [3.05, 3.63) is 7.43 Å². The Balaban J connectivity index is 0. The fourth-order valence-corrected chi connectivity index (χ4v) is 0. The monoisotopic (exact) mass is 90.0 g/mol. The summed E-state index contributed by atoms with van der Waals surface area (Å²) < 4.78 is 0. The van der Waals surface area contributed by atoms with Gasteiger partial charge >= 0.3 is 17.4 Å². The van der Waals surface area contributed by atoms with E-state index < -0.39 is 0 Å². The molecule has 0 aromatic heterocycles. The third-order valence-electron chi connectivity index (χ3n) is 0. The first kappa shape index (κ1) is 619. The molecule has 0 aliphatic rings. The van der Waals surface area contributed by atoms with E-state index in [0.717, 1.165) is 0 Å². The quantitative estimate of drug-likeness (QED) is 0.363. The maximum Gasteiger partial charge on any atom is 3.00 e. The van der Waals surface area contributed by atoms with Crippen LogP contribution in [0.3, 0.4) is 0 Å². The smallest absolute Gasteiger partial charge is 0.870 e. The summed E-state index contributed by atoms with van der Waals surface area (Å²) in [5, 5.41) is 0. The summed E-state index contributed by atoms with van der Waals surface area (Å²) in [4.78, 5) is 0. The van der Waals surface area contributed by atoms with Crippen molar-refractivity contribution in [1.82, 2.24) is 0 Å². The molecule has 3 nitrogen and oxygen atoms in total. The normalized spacial score (nSPS) is 0. The van der Waals surface area contributed by atoms with E-state index in [1.165, 1.54) is 0 Å². The van der Waals surface area contributed by atoms with Gasteiger partial charge in [0.25, 0.3) is 0 Å². The van der Waals surface area contributed by atoms with Crippen LogP contribution in [0.1, 0.15) is 0 Å². The van der Waals surface area contributed by atoms with Gasteiger partial charge in [0.1, 0.15) is 0 Å². The van der Waals surface area contributed by atoms with Crippen LogP contribution >= 0.6 is 0 Å². The molecular weight excluding hydrogens is 87.0 g/mol. The Kier molecular flexibility index (Phi) is 37400. The molecular formula is CH3AlO3. The summed E-state index contributed by atoms with van der Waals surface area (Å²) in [6.45, 7) is 0. The maximum atomic E-state index is 0.